The van der Waals surface area contributed by atoms with Gasteiger partial charge >= 0.3 is 0 Å². The van der Waals surface area contributed by atoms with Crippen LogP contribution in [0.1, 0.15) is 0 Å². The molecule has 0 fully saturated rings. The van der Waals surface area contributed by atoms with Gasteiger partial charge in [-0.15, -0.1) is 11.8 Å². The van der Waals surface area contributed by atoms with Crippen molar-refractivity contribution in [1.82, 2.24) is 0 Å². The van der Waals surface area contributed by atoms with Crippen LogP contribution in [-0.4, -0.2) is 31.6 Å². The van der Waals surface area contributed by atoms with Gasteiger partial charge in [-0.2, -0.15) is 5.26 Å². The van der Waals surface area contributed by atoms with Crippen LogP contribution in [0, 0.1) is 11.3 Å². The molecule has 5 nitrogen and oxygen atoms in total. The second-order valence-electron chi connectivity index (χ2n) is 3.27. The molecule has 1 N–H and O–H groups in total. The molecule has 1 aromatic rings. The SMILES string of the molecule is COc1ccc(NC(=O)CSCC#N)cc1OC. The van der Waals surface area contributed by atoms with Crippen molar-refractivity contribution in [3.63, 3.8) is 0 Å². The van der Waals surface area contributed by atoms with Crippen molar-refractivity contribution in [1.29, 1.82) is 5.26 Å². The van der Waals surface area contributed by atoms with Gasteiger partial charge in [0.25, 0.3) is 0 Å². The molecule has 0 unspecified atom stereocenters. The van der Waals surface area contributed by atoms with E-state index in [0.29, 0.717) is 22.9 Å². The molecule has 0 aliphatic carbocycles. The highest BCUT2D eigenvalue weighted by Crippen LogP contribution is 2.29. The van der Waals surface area contributed by atoms with E-state index >= 15 is 0 Å². The molecule has 0 atom stereocenters. The van der Waals surface area contributed by atoms with Gasteiger partial charge in [0.2, 0.25) is 5.91 Å². The maximum atomic E-state index is 11.5. The van der Waals surface area contributed by atoms with Gasteiger partial charge in [-0.25, -0.2) is 0 Å². The van der Waals surface area contributed by atoms with Crippen molar-refractivity contribution in [2.75, 3.05) is 31.0 Å². The van der Waals surface area contributed by atoms with Crippen LogP contribution in [0.25, 0.3) is 0 Å². The quantitative estimate of drug-likeness (QED) is 0.796. The Hall–Kier alpha value is -1.87. The van der Waals surface area contributed by atoms with Crippen LogP contribution in [0.5, 0.6) is 11.5 Å². The van der Waals surface area contributed by atoms with E-state index in [1.165, 1.54) is 18.9 Å². The topological polar surface area (TPSA) is 71.3 Å². The zero-order valence-corrected chi connectivity index (χ0v) is 11.0. The molecule has 1 aromatic carbocycles. The number of carbonyl (C=O) groups excluding carboxylic acids is 1. The van der Waals surface area contributed by atoms with Crippen molar-refractivity contribution in [2.45, 2.75) is 0 Å². The number of rotatable bonds is 6. The van der Waals surface area contributed by atoms with Crippen LogP contribution in [-0.2, 0) is 4.79 Å². The van der Waals surface area contributed by atoms with Gasteiger partial charge < -0.3 is 14.8 Å². The molecular formula is C12H14N2O3S. The van der Waals surface area contributed by atoms with Crippen molar-refractivity contribution in [2.24, 2.45) is 0 Å². The molecule has 0 spiro atoms. The summed E-state index contributed by atoms with van der Waals surface area (Å²) in [5.74, 6) is 1.57. The summed E-state index contributed by atoms with van der Waals surface area (Å²) in [5.41, 5.74) is 0.634. The third kappa shape index (κ3) is 4.18. The molecule has 0 aliphatic rings. The van der Waals surface area contributed by atoms with Gasteiger partial charge in [-0.1, -0.05) is 0 Å². The molecule has 6 heteroatoms. The summed E-state index contributed by atoms with van der Waals surface area (Å²) in [6, 6.07) is 7.10. The predicted molar refractivity (Wildman–Crippen MR) is 71.1 cm³/mol. The summed E-state index contributed by atoms with van der Waals surface area (Å²) in [6.45, 7) is 0. The minimum atomic E-state index is -0.150. The fraction of sp³-hybridized carbons (Fsp3) is 0.333. The van der Waals surface area contributed by atoms with E-state index in [1.807, 2.05) is 6.07 Å². The Morgan fingerprint density at radius 3 is 2.72 bits per heavy atom. The highest BCUT2D eigenvalue weighted by Gasteiger charge is 2.07. The number of anilines is 1. The Morgan fingerprint density at radius 1 is 1.39 bits per heavy atom. The number of nitriles is 1. The average molecular weight is 266 g/mol. The van der Waals surface area contributed by atoms with Crippen LogP contribution in [0.3, 0.4) is 0 Å². The Morgan fingerprint density at radius 2 is 2.11 bits per heavy atom. The maximum Gasteiger partial charge on any atom is 0.234 e. The zero-order valence-electron chi connectivity index (χ0n) is 10.2. The van der Waals surface area contributed by atoms with E-state index in [4.69, 9.17) is 14.7 Å². The van der Waals surface area contributed by atoms with Gasteiger partial charge in [0.1, 0.15) is 0 Å². The van der Waals surface area contributed by atoms with E-state index in [-0.39, 0.29) is 11.7 Å². The molecular weight excluding hydrogens is 252 g/mol. The lowest BCUT2D eigenvalue weighted by Gasteiger charge is -2.10. The summed E-state index contributed by atoms with van der Waals surface area (Å²) in [5, 5.41) is 11.1. The lowest BCUT2D eigenvalue weighted by Crippen LogP contribution is -2.14. The van der Waals surface area contributed by atoms with E-state index in [1.54, 1.807) is 25.3 Å². The van der Waals surface area contributed by atoms with E-state index < -0.39 is 0 Å². The van der Waals surface area contributed by atoms with Gasteiger partial charge in [0, 0.05) is 11.8 Å². The molecule has 0 saturated heterocycles. The third-order valence-corrected chi connectivity index (χ3v) is 2.87. The standard InChI is InChI=1S/C12H14N2O3S/c1-16-10-4-3-9(7-11(10)17-2)14-12(15)8-18-6-5-13/h3-4,7H,6,8H2,1-2H3,(H,14,15). The number of benzene rings is 1. The van der Waals surface area contributed by atoms with Gasteiger partial charge in [-0.3, -0.25) is 4.79 Å². The van der Waals surface area contributed by atoms with E-state index in [9.17, 15) is 4.79 Å². The van der Waals surface area contributed by atoms with E-state index in [0.717, 1.165) is 0 Å². The number of nitrogens with one attached hydrogen (secondary N) is 1. The largest absolute Gasteiger partial charge is 0.493 e. The Kier molecular flexibility index (Phi) is 5.88. The summed E-state index contributed by atoms with van der Waals surface area (Å²) in [6.07, 6.45) is 0. The van der Waals surface area contributed by atoms with Crippen molar-refractivity contribution in [3.05, 3.63) is 18.2 Å². The van der Waals surface area contributed by atoms with Crippen molar-refractivity contribution >= 4 is 23.4 Å². The number of carbonyl (C=O) groups is 1. The minimum Gasteiger partial charge on any atom is -0.493 e. The fourth-order valence-corrected chi connectivity index (χ4v) is 1.75. The highest BCUT2D eigenvalue weighted by atomic mass is 32.2. The first-order valence-corrected chi connectivity index (χ1v) is 6.33. The maximum absolute atomic E-state index is 11.5. The second kappa shape index (κ2) is 7.45. The van der Waals surface area contributed by atoms with Crippen LogP contribution in [0.2, 0.25) is 0 Å². The monoisotopic (exact) mass is 266 g/mol. The number of hydrogen-bond acceptors (Lipinski definition) is 5. The average Bonchev–Trinajstić information content (AvgIpc) is 2.39. The number of amides is 1. The first kappa shape index (κ1) is 14.2. The Labute approximate surface area is 110 Å². The van der Waals surface area contributed by atoms with Gasteiger partial charge in [0.15, 0.2) is 11.5 Å². The van der Waals surface area contributed by atoms with Gasteiger partial charge in [-0.05, 0) is 12.1 Å². The summed E-state index contributed by atoms with van der Waals surface area (Å²) in [4.78, 5) is 11.5. The number of hydrogen-bond donors (Lipinski definition) is 1. The lowest BCUT2D eigenvalue weighted by atomic mass is 10.2. The van der Waals surface area contributed by atoms with E-state index in [2.05, 4.69) is 5.32 Å². The zero-order chi connectivity index (χ0) is 13.4. The smallest absolute Gasteiger partial charge is 0.234 e. The predicted octanol–water partition coefficient (Wildman–Crippen LogP) is 1.90. The first-order chi connectivity index (χ1) is 8.71. The minimum absolute atomic E-state index is 0.150. The molecule has 0 aromatic heterocycles. The summed E-state index contributed by atoms with van der Waals surface area (Å²) >= 11 is 1.27. The molecule has 18 heavy (non-hydrogen) atoms. The second-order valence-corrected chi connectivity index (χ2v) is 4.25. The molecule has 0 heterocycles. The molecule has 0 bridgehead atoms. The third-order valence-electron chi connectivity index (χ3n) is 2.07. The molecule has 1 rings (SSSR count). The van der Waals surface area contributed by atoms with Gasteiger partial charge in [0.05, 0.1) is 31.8 Å². The Balaban J connectivity index is 2.62. The fourth-order valence-electron chi connectivity index (χ4n) is 1.30. The van der Waals surface area contributed by atoms with Crippen LogP contribution < -0.4 is 14.8 Å². The molecule has 0 saturated carbocycles. The van der Waals surface area contributed by atoms with Crippen molar-refractivity contribution < 1.29 is 14.3 Å². The number of nitrogens with zero attached hydrogens (tertiary/aromatic N) is 1. The number of methoxy groups -OCH3 is 2. The van der Waals surface area contributed by atoms with Crippen molar-refractivity contribution in [3.8, 4) is 17.6 Å². The number of ether oxygens (including phenoxy) is 2. The Bertz CT molecular complexity index is 457. The molecule has 0 radical (unpaired) electrons. The van der Waals surface area contributed by atoms with Crippen LogP contribution in [0.15, 0.2) is 18.2 Å². The van der Waals surface area contributed by atoms with Crippen LogP contribution >= 0.6 is 11.8 Å². The summed E-state index contributed by atoms with van der Waals surface area (Å²) in [7, 11) is 3.08. The molecule has 96 valence electrons. The number of thioether (sulfide) groups is 1. The first-order valence-electron chi connectivity index (χ1n) is 5.17. The summed E-state index contributed by atoms with van der Waals surface area (Å²) < 4.78 is 10.2. The van der Waals surface area contributed by atoms with Crippen LogP contribution in [0.4, 0.5) is 5.69 Å². The molecule has 1 amide bonds. The highest BCUT2D eigenvalue weighted by molar-refractivity contribution is 8.00. The normalized spacial score (nSPS) is 9.39. The lowest BCUT2D eigenvalue weighted by molar-refractivity contribution is -0.113. The molecule has 0 aliphatic heterocycles.